The van der Waals surface area contributed by atoms with E-state index in [-0.39, 0.29) is 6.04 Å². The number of nitrogens with two attached hydrogens (primary N) is 1. The minimum atomic E-state index is -0.183. The van der Waals surface area contributed by atoms with E-state index in [1.165, 1.54) is 0 Å². The van der Waals surface area contributed by atoms with Crippen molar-refractivity contribution in [2.24, 2.45) is 12.8 Å². The van der Waals surface area contributed by atoms with Gasteiger partial charge in [-0.05, 0) is 24.1 Å². The molecule has 0 fully saturated rings. The maximum atomic E-state index is 6.23. The van der Waals surface area contributed by atoms with Crippen LogP contribution in [0.4, 0.5) is 0 Å². The van der Waals surface area contributed by atoms with E-state index < -0.39 is 0 Å². The number of rotatable bonds is 2. The van der Waals surface area contributed by atoms with Gasteiger partial charge in [-0.2, -0.15) is 0 Å². The summed E-state index contributed by atoms with van der Waals surface area (Å²) in [6.07, 6.45) is 3.67. The Hall–Kier alpha value is -1.13. The van der Waals surface area contributed by atoms with Crippen LogP contribution in [0.2, 0.25) is 0 Å². The molecular formula is C12H14BrN3. The van der Waals surface area contributed by atoms with Crippen molar-refractivity contribution in [1.29, 1.82) is 0 Å². The molecule has 0 saturated heterocycles. The van der Waals surface area contributed by atoms with E-state index in [4.69, 9.17) is 5.73 Å². The number of nitrogens with zero attached hydrogens (tertiary/aromatic N) is 2. The predicted molar refractivity (Wildman–Crippen MR) is 68.1 cm³/mol. The molecule has 1 atom stereocenters. The van der Waals surface area contributed by atoms with Gasteiger partial charge in [-0.1, -0.05) is 28.1 Å². The molecule has 1 unspecified atom stereocenters. The molecule has 1 aromatic carbocycles. The van der Waals surface area contributed by atoms with Gasteiger partial charge < -0.3 is 10.3 Å². The lowest BCUT2D eigenvalue weighted by atomic mass is 10.0. The lowest BCUT2D eigenvalue weighted by molar-refractivity contribution is 0.713. The van der Waals surface area contributed by atoms with E-state index in [1.54, 1.807) is 6.20 Å². The van der Waals surface area contributed by atoms with Crippen molar-refractivity contribution in [3.05, 3.63) is 52.0 Å². The standard InChI is InChI=1S/C12H14BrN3/c1-8-9(4-3-5-10(8)13)11(14)12-15-6-7-16(12)2/h3-7,11H,14H2,1-2H3. The second-order valence-electron chi connectivity index (χ2n) is 3.83. The molecule has 1 heterocycles. The Kier molecular flexibility index (Phi) is 3.12. The smallest absolute Gasteiger partial charge is 0.129 e. The van der Waals surface area contributed by atoms with Crippen LogP contribution in [0.15, 0.2) is 35.1 Å². The van der Waals surface area contributed by atoms with Gasteiger partial charge in [-0.15, -0.1) is 0 Å². The van der Waals surface area contributed by atoms with Crippen molar-refractivity contribution in [2.75, 3.05) is 0 Å². The summed E-state index contributed by atoms with van der Waals surface area (Å²) < 4.78 is 3.03. The molecule has 1 aromatic heterocycles. The first-order valence-electron chi connectivity index (χ1n) is 5.09. The third-order valence-corrected chi connectivity index (χ3v) is 3.64. The highest BCUT2D eigenvalue weighted by molar-refractivity contribution is 9.10. The lowest BCUT2D eigenvalue weighted by Crippen LogP contribution is -2.17. The molecule has 4 heteroatoms. The van der Waals surface area contributed by atoms with E-state index in [2.05, 4.69) is 27.8 Å². The van der Waals surface area contributed by atoms with Crippen LogP contribution in [0.3, 0.4) is 0 Å². The van der Waals surface area contributed by atoms with Gasteiger partial charge in [-0.25, -0.2) is 4.98 Å². The number of hydrogen-bond acceptors (Lipinski definition) is 2. The van der Waals surface area contributed by atoms with Crippen molar-refractivity contribution in [3.8, 4) is 0 Å². The fourth-order valence-corrected chi connectivity index (χ4v) is 2.16. The summed E-state index contributed by atoms with van der Waals surface area (Å²) in [7, 11) is 1.95. The fraction of sp³-hybridized carbons (Fsp3) is 0.250. The molecule has 2 N–H and O–H groups in total. The third kappa shape index (κ3) is 1.90. The van der Waals surface area contributed by atoms with Gasteiger partial charge in [0.1, 0.15) is 5.82 Å². The molecule has 0 aliphatic heterocycles. The van der Waals surface area contributed by atoms with E-state index in [1.807, 2.05) is 36.0 Å². The number of hydrogen-bond donors (Lipinski definition) is 1. The minimum absolute atomic E-state index is 0.183. The topological polar surface area (TPSA) is 43.8 Å². The van der Waals surface area contributed by atoms with Gasteiger partial charge in [0, 0.05) is 23.9 Å². The van der Waals surface area contributed by atoms with E-state index >= 15 is 0 Å². The lowest BCUT2D eigenvalue weighted by Gasteiger charge is -2.15. The summed E-state index contributed by atoms with van der Waals surface area (Å²) in [5.74, 6) is 0.876. The SMILES string of the molecule is Cc1c(Br)cccc1C(N)c1nccn1C. The molecule has 84 valence electrons. The van der Waals surface area contributed by atoms with Crippen LogP contribution in [0.25, 0.3) is 0 Å². The number of imidazole rings is 1. The quantitative estimate of drug-likeness (QED) is 0.918. The van der Waals surface area contributed by atoms with Crippen LogP contribution in [0.5, 0.6) is 0 Å². The van der Waals surface area contributed by atoms with Crippen LogP contribution in [-0.4, -0.2) is 9.55 Å². The molecule has 0 spiro atoms. The summed E-state index contributed by atoms with van der Waals surface area (Å²) in [4.78, 5) is 4.29. The van der Waals surface area contributed by atoms with Crippen molar-refractivity contribution in [2.45, 2.75) is 13.0 Å². The van der Waals surface area contributed by atoms with Crippen molar-refractivity contribution < 1.29 is 0 Å². The largest absolute Gasteiger partial charge is 0.336 e. The molecule has 0 amide bonds. The van der Waals surface area contributed by atoms with E-state index in [0.29, 0.717) is 0 Å². The molecule has 0 aliphatic rings. The Balaban J connectivity index is 2.46. The van der Waals surface area contributed by atoms with E-state index in [0.717, 1.165) is 21.4 Å². The first-order valence-corrected chi connectivity index (χ1v) is 5.88. The number of benzene rings is 1. The Morgan fingerprint density at radius 2 is 2.19 bits per heavy atom. The van der Waals surface area contributed by atoms with Gasteiger partial charge in [0.25, 0.3) is 0 Å². The zero-order valence-electron chi connectivity index (χ0n) is 9.31. The summed E-state index contributed by atoms with van der Waals surface area (Å²) in [5.41, 5.74) is 8.49. The summed E-state index contributed by atoms with van der Waals surface area (Å²) in [6.45, 7) is 2.06. The Morgan fingerprint density at radius 1 is 1.44 bits per heavy atom. The fourth-order valence-electron chi connectivity index (χ4n) is 1.78. The Morgan fingerprint density at radius 3 is 2.81 bits per heavy atom. The molecule has 2 aromatic rings. The number of halogens is 1. The first kappa shape index (κ1) is 11.4. The average Bonchev–Trinajstić information content (AvgIpc) is 2.68. The van der Waals surface area contributed by atoms with Crippen LogP contribution < -0.4 is 5.73 Å². The molecule has 3 nitrogen and oxygen atoms in total. The maximum absolute atomic E-state index is 6.23. The highest BCUT2D eigenvalue weighted by Gasteiger charge is 2.16. The van der Waals surface area contributed by atoms with Gasteiger partial charge in [0.15, 0.2) is 0 Å². The van der Waals surface area contributed by atoms with Gasteiger partial charge in [0.05, 0.1) is 6.04 Å². The van der Waals surface area contributed by atoms with Gasteiger partial charge in [-0.3, -0.25) is 0 Å². The van der Waals surface area contributed by atoms with Crippen LogP contribution >= 0.6 is 15.9 Å². The Labute approximate surface area is 103 Å². The van der Waals surface area contributed by atoms with Gasteiger partial charge in [0.2, 0.25) is 0 Å². The molecular weight excluding hydrogens is 266 g/mol. The zero-order chi connectivity index (χ0) is 11.7. The van der Waals surface area contributed by atoms with Crippen LogP contribution in [0, 0.1) is 6.92 Å². The second kappa shape index (κ2) is 4.39. The number of aryl methyl sites for hydroxylation is 1. The summed E-state index contributed by atoms with van der Waals surface area (Å²) >= 11 is 3.51. The monoisotopic (exact) mass is 279 g/mol. The zero-order valence-corrected chi connectivity index (χ0v) is 10.9. The molecule has 0 aliphatic carbocycles. The second-order valence-corrected chi connectivity index (χ2v) is 4.68. The normalized spacial score (nSPS) is 12.8. The maximum Gasteiger partial charge on any atom is 0.129 e. The molecule has 2 rings (SSSR count). The van der Waals surface area contributed by atoms with Crippen LogP contribution in [-0.2, 0) is 7.05 Å². The van der Waals surface area contributed by atoms with Crippen molar-refractivity contribution in [1.82, 2.24) is 9.55 Å². The Bertz CT molecular complexity index is 505. The highest BCUT2D eigenvalue weighted by Crippen LogP contribution is 2.26. The molecule has 0 bridgehead atoms. The highest BCUT2D eigenvalue weighted by atomic mass is 79.9. The first-order chi connectivity index (χ1) is 7.61. The van der Waals surface area contributed by atoms with Crippen LogP contribution in [0.1, 0.15) is 23.0 Å². The van der Waals surface area contributed by atoms with Crippen molar-refractivity contribution >= 4 is 15.9 Å². The minimum Gasteiger partial charge on any atom is -0.336 e. The van der Waals surface area contributed by atoms with Gasteiger partial charge >= 0.3 is 0 Å². The molecule has 0 saturated carbocycles. The molecule has 0 radical (unpaired) electrons. The number of aromatic nitrogens is 2. The average molecular weight is 280 g/mol. The third-order valence-electron chi connectivity index (χ3n) is 2.78. The molecule has 16 heavy (non-hydrogen) atoms. The summed E-state index contributed by atoms with van der Waals surface area (Å²) in [6, 6.07) is 5.87. The van der Waals surface area contributed by atoms with Crippen molar-refractivity contribution in [3.63, 3.8) is 0 Å². The predicted octanol–water partition coefficient (Wildman–Crippen LogP) is 2.54. The van der Waals surface area contributed by atoms with E-state index in [9.17, 15) is 0 Å². The summed E-state index contributed by atoms with van der Waals surface area (Å²) in [5, 5.41) is 0.